The van der Waals surface area contributed by atoms with Crippen molar-refractivity contribution in [3.05, 3.63) is 340 Å². The van der Waals surface area contributed by atoms with Gasteiger partial charge in [0.25, 0.3) is 0 Å². The van der Waals surface area contributed by atoms with Crippen LogP contribution in [0.5, 0.6) is 0 Å². The van der Waals surface area contributed by atoms with Crippen molar-refractivity contribution in [2.45, 2.75) is 64.7 Å². The number of benzene rings is 8. The number of nitrogens with zero attached hydrogens (tertiary/aromatic N) is 23. The van der Waals surface area contributed by atoms with E-state index < -0.39 is 40.7 Å². The highest BCUT2D eigenvalue weighted by atomic mass is 35.5. The first kappa shape index (κ1) is 103. The van der Waals surface area contributed by atoms with Crippen LogP contribution in [-0.4, -0.2) is 227 Å². The molecular weight excluding hydrogens is 1960 g/mol. The average molecular weight is 2050 g/mol. The van der Waals surface area contributed by atoms with E-state index in [1.54, 1.807) is 142 Å². The summed E-state index contributed by atoms with van der Waals surface area (Å²) < 4.78 is 106. The van der Waals surface area contributed by atoms with E-state index in [0.29, 0.717) is 183 Å². The Morgan fingerprint density at radius 1 is 0.385 bits per heavy atom. The third kappa shape index (κ3) is 20.5. The van der Waals surface area contributed by atoms with E-state index in [4.69, 9.17) is 61.1 Å². The number of halogens is 10. The minimum Gasteiger partial charge on any atom is -0.367 e. The first-order valence-corrected chi connectivity index (χ1v) is 48.4. The molecule has 0 saturated carbocycles. The second-order valence-electron chi connectivity index (χ2n) is 35.4. The van der Waals surface area contributed by atoms with E-state index in [9.17, 15) is 32.3 Å². The molecule has 20 rings (SSSR count). The van der Waals surface area contributed by atoms with E-state index in [1.807, 2.05) is 76.8 Å². The Bertz CT molecular complexity index is 8020. The zero-order valence-corrected chi connectivity index (χ0v) is 82.6. The quantitative estimate of drug-likeness (QED) is 0.0439. The summed E-state index contributed by atoms with van der Waals surface area (Å²) in [6, 6.07) is 36.2. The van der Waals surface area contributed by atoms with Gasteiger partial charge in [-0.2, -0.15) is 0 Å². The number of aryl methyl sites for hydroxylation is 1. The maximum absolute atomic E-state index is 15.9. The monoisotopic (exact) mass is 2050 g/mol. The zero-order chi connectivity index (χ0) is 104. The van der Waals surface area contributed by atoms with Crippen molar-refractivity contribution in [3.63, 3.8) is 0 Å². The maximum atomic E-state index is 15.9. The maximum Gasteiger partial charge on any atom is 0.249 e. The number of amides is 4. The molecule has 0 aliphatic carbocycles. The van der Waals surface area contributed by atoms with Crippen LogP contribution in [0, 0.1) is 73.9 Å². The standard InChI is InChI=1S/2C28H23ClF2N6O.C28H25FN6O.C27H20ClF2N5O/c2*1-3-4-8-22(38)37-12-11-36(15-18(37)13-32-2)28-20-14-33-26(25(31)27(20)34-16-35-28)19-7-5-6-17-9-10-21(30)24(29)23(17)19;1-17(2)28(36)35-12-11-34(15-20(35)13-30-4)27-22-14-31-25(24(29)26(22)32-16-33-27)21-10-6-9-19-8-5-7-18(3)23(19)21;1-3-22(36)35-12-11-34(15-17(35)13-31-2)21-9-10-32-27-19(21)14-33-26(25(27)30)18-6-4-5-16-7-8-20(29)24(28)23(16)18/h2*4-10,14,16,18H,3,11-13,15H2,1H3;5-10,14,16,20H,1,11-13,15H2,2-3H3;3-10,14,17H,1,11-13,15H2/b2*8-4+;;/t2*18-;20-;17-/m0000/s1. The lowest BCUT2D eigenvalue weighted by Gasteiger charge is -2.40. The summed E-state index contributed by atoms with van der Waals surface area (Å²) >= 11 is 18.8. The van der Waals surface area contributed by atoms with Gasteiger partial charge in [-0.05, 0) is 102 Å². The van der Waals surface area contributed by atoms with Crippen LogP contribution in [0.4, 0.5) is 53.9 Å². The van der Waals surface area contributed by atoms with Crippen LogP contribution in [0.1, 0.15) is 39.2 Å². The number of allylic oxidation sites excluding steroid dienone is 2. The van der Waals surface area contributed by atoms with Crippen LogP contribution < -0.4 is 19.6 Å². The van der Waals surface area contributed by atoms with E-state index in [1.165, 1.54) is 61.8 Å². The predicted octanol–water partition coefficient (Wildman–Crippen LogP) is 21.7. The topological polar surface area (TPSA) is 253 Å². The predicted molar refractivity (Wildman–Crippen MR) is 563 cm³/mol. The lowest BCUT2D eigenvalue weighted by molar-refractivity contribution is -0.130. The summed E-state index contributed by atoms with van der Waals surface area (Å²) in [5.74, 6) is -3.42. The molecule has 8 aromatic heterocycles. The Kier molecular flexibility index (Phi) is 31.4. The molecule has 16 aromatic rings. The van der Waals surface area contributed by atoms with Gasteiger partial charge < -0.3 is 58.6 Å². The van der Waals surface area contributed by atoms with Crippen molar-refractivity contribution in [2.24, 2.45) is 0 Å². The van der Waals surface area contributed by atoms with Gasteiger partial charge in [0.15, 0.2) is 23.3 Å². The summed E-state index contributed by atoms with van der Waals surface area (Å²) in [6.45, 7) is 49.9. The second-order valence-corrected chi connectivity index (χ2v) is 36.5. The summed E-state index contributed by atoms with van der Waals surface area (Å²) in [6.07, 6.45) is 21.0. The molecule has 0 N–H and O–H groups in total. The summed E-state index contributed by atoms with van der Waals surface area (Å²) in [4.78, 5) is 127. The summed E-state index contributed by atoms with van der Waals surface area (Å²) in [7, 11) is 0. The molecule has 0 radical (unpaired) electrons. The fourth-order valence-electron chi connectivity index (χ4n) is 19.4. The molecule has 4 atom stereocenters. The Labute approximate surface area is 860 Å². The molecule has 148 heavy (non-hydrogen) atoms. The van der Waals surface area contributed by atoms with Gasteiger partial charge in [0.05, 0.1) is 31.2 Å². The smallest absolute Gasteiger partial charge is 0.249 e. The van der Waals surface area contributed by atoms with Gasteiger partial charge in [-0.25, -0.2) is 86.9 Å². The molecule has 4 aliphatic rings. The number of carbonyl (C=O) groups is 4. The molecule has 744 valence electrons. The fraction of sp³-hybridized carbons (Fsp3) is 0.234. The number of carbonyl (C=O) groups excluding carboxylic acids is 4. The average Bonchev–Trinajstić information content (AvgIpc) is 0.761. The van der Waals surface area contributed by atoms with Crippen LogP contribution in [0.15, 0.2) is 233 Å². The van der Waals surface area contributed by atoms with Gasteiger partial charge >= 0.3 is 0 Å². The normalized spacial score (nSPS) is 15.9. The molecule has 0 spiro atoms. The number of piperazine rings is 4. The van der Waals surface area contributed by atoms with Gasteiger partial charge in [-0.3, -0.25) is 44.1 Å². The molecule has 4 saturated heterocycles. The second kappa shape index (κ2) is 45.2. The molecule has 27 nitrogen and oxygen atoms in total. The minimum absolute atomic E-state index is 0.00394. The highest BCUT2D eigenvalue weighted by molar-refractivity contribution is 6.38. The van der Waals surface area contributed by atoms with Crippen LogP contribution in [0.25, 0.3) is 151 Å². The number of fused-ring (bicyclic) bond motifs is 8. The Morgan fingerprint density at radius 2 is 0.696 bits per heavy atom. The highest BCUT2D eigenvalue weighted by Crippen LogP contribution is 2.45. The molecular formula is C111H91Cl3F7N23O4. The van der Waals surface area contributed by atoms with E-state index in [-0.39, 0.29) is 134 Å². The Balaban J connectivity index is 0.000000135. The lowest BCUT2D eigenvalue weighted by atomic mass is 9.97. The number of aromatic nitrogens is 11. The Hall–Kier alpha value is -16.8. The van der Waals surface area contributed by atoms with Gasteiger partial charge in [0.2, 0.25) is 49.8 Å². The molecule has 8 aromatic carbocycles. The lowest BCUT2D eigenvalue weighted by Crippen LogP contribution is -2.56. The van der Waals surface area contributed by atoms with Gasteiger partial charge in [-0.15, -0.1) is 0 Å². The van der Waals surface area contributed by atoms with E-state index >= 15 is 17.6 Å². The highest BCUT2D eigenvalue weighted by Gasteiger charge is 2.40. The van der Waals surface area contributed by atoms with Gasteiger partial charge in [0.1, 0.15) is 123 Å². The number of hydrogen-bond acceptors (Lipinski definition) is 19. The zero-order valence-electron chi connectivity index (χ0n) is 80.4. The summed E-state index contributed by atoms with van der Waals surface area (Å²) in [5.41, 5.74) is 4.71. The van der Waals surface area contributed by atoms with Crippen molar-refractivity contribution in [3.8, 4) is 45.0 Å². The van der Waals surface area contributed by atoms with Crippen molar-refractivity contribution in [1.29, 1.82) is 0 Å². The van der Waals surface area contributed by atoms with Crippen LogP contribution in [0.3, 0.4) is 0 Å². The number of rotatable bonds is 18. The number of pyridine rings is 5. The minimum atomic E-state index is -0.671. The molecule has 0 bridgehead atoms. The molecule has 4 fully saturated rings. The van der Waals surface area contributed by atoms with Crippen molar-refractivity contribution < 1.29 is 49.9 Å². The summed E-state index contributed by atoms with van der Waals surface area (Å²) in [5, 5.41) is 6.58. The SMILES string of the molecule is [C-]#[N+]C[C@H]1CN(c2ccnc3c(F)c(-c4cccc5ccc(F)c(Cl)c45)ncc23)CCN1C(=O)C=C.[C-]#[N+]C[C@H]1CN(c2ncnc3c(F)c(-c4cccc5ccc(F)c(Cl)c45)ncc23)CCN1C(=O)/C=C/CC.[C-]#[N+]C[C@H]1CN(c2ncnc3c(F)c(-c4cccc5ccc(F)c(Cl)c45)ncc23)CCN1C(=O)/C=C/CC.[C-]#[N+]C[C@H]1CN(c2ncnc3c(F)c(-c4cccc5cccc(C)c45)ncc23)CCN1C(=O)C(=C)C. The molecule has 12 heterocycles. The number of hydrogen-bond donors (Lipinski definition) is 0. The fourth-order valence-corrected chi connectivity index (χ4v) is 20.2. The third-order valence-electron chi connectivity index (χ3n) is 26.5. The first-order chi connectivity index (χ1) is 71.7. The van der Waals surface area contributed by atoms with Crippen molar-refractivity contribution in [1.82, 2.24) is 74.4 Å². The van der Waals surface area contributed by atoms with Gasteiger partial charge in [0, 0.05) is 165 Å². The van der Waals surface area contributed by atoms with Gasteiger partial charge in [-0.1, -0.05) is 183 Å². The molecule has 4 aliphatic heterocycles. The van der Waals surface area contributed by atoms with E-state index in [0.717, 1.165) is 29.2 Å². The molecule has 37 heteroatoms. The van der Waals surface area contributed by atoms with Crippen molar-refractivity contribution >= 4 is 168 Å². The van der Waals surface area contributed by atoms with Crippen LogP contribution in [-0.2, 0) is 19.2 Å². The Morgan fingerprint density at radius 3 is 1.05 bits per heavy atom. The van der Waals surface area contributed by atoms with Crippen molar-refractivity contribution in [2.75, 3.05) is 124 Å². The van der Waals surface area contributed by atoms with E-state index in [2.05, 4.69) is 87.4 Å². The first-order valence-electron chi connectivity index (χ1n) is 47.3. The largest absolute Gasteiger partial charge is 0.367 e. The molecule has 0 unspecified atom stereocenters. The van der Waals surface area contributed by atoms with Crippen LogP contribution in [0.2, 0.25) is 15.1 Å². The van der Waals surface area contributed by atoms with Crippen LogP contribution >= 0.6 is 34.8 Å². The molecule has 4 amide bonds. The number of anilines is 4. The third-order valence-corrected chi connectivity index (χ3v) is 27.6.